The van der Waals surface area contributed by atoms with Crippen molar-refractivity contribution in [2.75, 3.05) is 0 Å². The van der Waals surface area contributed by atoms with Crippen LogP contribution in [0.25, 0.3) is 0 Å². The van der Waals surface area contributed by atoms with Crippen molar-refractivity contribution in [1.82, 2.24) is 9.97 Å². The Hall–Kier alpha value is -1.95. The van der Waals surface area contributed by atoms with Crippen LogP contribution in [0.4, 0.5) is 0 Å². The first kappa shape index (κ1) is 12.5. The van der Waals surface area contributed by atoms with Crippen LogP contribution in [0.1, 0.15) is 16.3 Å². The molecule has 0 radical (unpaired) electrons. The fourth-order valence-corrected chi connectivity index (χ4v) is 1.59. The van der Waals surface area contributed by atoms with Crippen LogP contribution in [0.15, 0.2) is 34.8 Å². The van der Waals surface area contributed by atoms with E-state index in [0.717, 1.165) is 4.47 Å². The Morgan fingerprint density at radius 3 is 2.56 bits per heavy atom. The van der Waals surface area contributed by atoms with E-state index in [1.165, 1.54) is 6.07 Å². The molecule has 1 aromatic heterocycles. The summed E-state index contributed by atoms with van der Waals surface area (Å²) in [6.07, 6.45) is 0. The second kappa shape index (κ2) is 5.14. The van der Waals surface area contributed by atoms with E-state index >= 15 is 0 Å². The molecule has 0 atom stereocenters. The molecule has 92 valence electrons. The van der Waals surface area contributed by atoms with Gasteiger partial charge in [-0.2, -0.15) is 4.98 Å². The van der Waals surface area contributed by atoms with Crippen molar-refractivity contribution < 1.29 is 14.6 Å². The Bertz CT molecular complexity index is 584. The van der Waals surface area contributed by atoms with Gasteiger partial charge in [-0.05, 0) is 31.2 Å². The molecule has 2 aromatic rings. The van der Waals surface area contributed by atoms with E-state index in [1.807, 2.05) is 12.1 Å². The molecule has 0 aliphatic rings. The summed E-state index contributed by atoms with van der Waals surface area (Å²) in [7, 11) is 0. The fraction of sp³-hybridized carbons (Fsp3) is 0.0833. The molecule has 0 bridgehead atoms. The van der Waals surface area contributed by atoms with Gasteiger partial charge in [0.05, 0.1) is 0 Å². The maximum atomic E-state index is 10.9. The summed E-state index contributed by atoms with van der Waals surface area (Å²) in [5.41, 5.74) is -0.0883. The van der Waals surface area contributed by atoms with Crippen LogP contribution in [0, 0.1) is 6.92 Å². The van der Waals surface area contributed by atoms with Crippen LogP contribution in [-0.4, -0.2) is 21.0 Å². The number of aromatic nitrogens is 2. The summed E-state index contributed by atoms with van der Waals surface area (Å²) in [4.78, 5) is 18.7. The average molecular weight is 309 g/mol. The summed E-state index contributed by atoms with van der Waals surface area (Å²) in [6, 6.07) is 8.43. The Morgan fingerprint density at radius 2 is 1.94 bits per heavy atom. The van der Waals surface area contributed by atoms with E-state index in [9.17, 15) is 4.79 Å². The lowest BCUT2D eigenvalue weighted by molar-refractivity contribution is 0.0689. The van der Waals surface area contributed by atoms with Gasteiger partial charge in [0.15, 0.2) is 5.69 Å². The van der Waals surface area contributed by atoms with Crippen molar-refractivity contribution in [2.24, 2.45) is 0 Å². The van der Waals surface area contributed by atoms with Gasteiger partial charge in [0.25, 0.3) is 0 Å². The predicted octanol–water partition coefficient (Wildman–Crippen LogP) is 3.04. The molecular formula is C12H9BrN2O3. The highest BCUT2D eigenvalue weighted by molar-refractivity contribution is 9.10. The molecule has 0 saturated carbocycles. The van der Waals surface area contributed by atoms with Gasteiger partial charge in [-0.25, -0.2) is 9.78 Å². The zero-order valence-corrected chi connectivity index (χ0v) is 11.0. The van der Waals surface area contributed by atoms with E-state index in [-0.39, 0.29) is 11.6 Å². The SMILES string of the molecule is Cc1nc(Oc2ccc(Br)cc2)cc(C(=O)O)n1. The number of aromatic carboxylic acids is 1. The van der Waals surface area contributed by atoms with Crippen LogP contribution in [-0.2, 0) is 0 Å². The average Bonchev–Trinajstić information content (AvgIpc) is 2.31. The molecule has 1 heterocycles. The van der Waals surface area contributed by atoms with Gasteiger partial charge in [0.1, 0.15) is 11.6 Å². The lowest BCUT2D eigenvalue weighted by Crippen LogP contribution is -2.04. The van der Waals surface area contributed by atoms with Gasteiger partial charge >= 0.3 is 5.97 Å². The van der Waals surface area contributed by atoms with Gasteiger partial charge in [0.2, 0.25) is 5.88 Å². The minimum atomic E-state index is -1.11. The highest BCUT2D eigenvalue weighted by atomic mass is 79.9. The van der Waals surface area contributed by atoms with Crippen LogP contribution in [0.5, 0.6) is 11.6 Å². The molecular weight excluding hydrogens is 300 g/mol. The van der Waals surface area contributed by atoms with E-state index < -0.39 is 5.97 Å². The van der Waals surface area contributed by atoms with E-state index in [4.69, 9.17) is 9.84 Å². The summed E-state index contributed by atoms with van der Waals surface area (Å²) in [6.45, 7) is 1.61. The monoisotopic (exact) mass is 308 g/mol. The van der Waals surface area contributed by atoms with Crippen molar-refractivity contribution in [3.05, 3.63) is 46.3 Å². The predicted molar refractivity (Wildman–Crippen MR) is 67.9 cm³/mol. The van der Waals surface area contributed by atoms with Gasteiger partial charge < -0.3 is 9.84 Å². The van der Waals surface area contributed by atoms with Crippen molar-refractivity contribution in [2.45, 2.75) is 6.92 Å². The van der Waals surface area contributed by atoms with E-state index in [1.54, 1.807) is 19.1 Å². The Kier molecular flexibility index (Phi) is 3.57. The van der Waals surface area contributed by atoms with Crippen molar-refractivity contribution in [3.8, 4) is 11.6 Å². The number of rotatable bonds is 3. The minimum absolute atomic E-state index is 0.0883. The minimum Gasteiger partial charge on any atom is -0.477 e. The van der Waals surface area contributed by atoms with Crippen LogP contribution in [0.2, 0.25) is 0 Å². The van der Waals surface area contributed by atoms with Gasteiger partial charge in [-0.15, -0.1) is 0 Å². The lowest BCUT2D eigenvalue weighted by atomic mass is 10.3. The fourth-order valence-electron chi connectivity index (χ4n) is 1.33. The Morgan fingerprint density at radius 1 is 1.28 bits per heavy atom. The summed E-state index contributed by atoms with van der Waals surface area (Å²) in [5, 5.41) is 8.88. The first-order chi connectivity index (χ1) is 8.54. The summed E-state index contributed by atoms with van der Waals surface area (Å²) >= 11 is 3.31. The molecule has 1 N–H and O–H groups in total. The number of halogens is 1. The maximum absolute atomic E-state index is 10.9. The maximum Gasteiger partial charge on any atom is 0.354 e. The smallest absolute Gasteiger partial charge is 0.354 e. The molecule has 0 aliphatic carbocycles. The van der Waals surface area contributed by atoms with E-state index in [2.05, 4.69) is 25.9 Å². The number of nitrogens with zero attached hydrogens (tertiary/aromatic N) is 2. The first-order valence-electron chi connectivity index (χ1n) is 5.07. The molecule has 0 fully saturated rings. The Labute approximate surface area is 112 Å². The molecule has 6 heteroatoms. The van der Waals surface area contributed by atoms with Crippen LogP contribution >= 0.6 is 15.9 Å². The summed E-state index contributed by atoms with van der Waals surface area (Å²) < 4.78 is 6.40. The van der Waals surface area contributed by atoms with Gasteiger partial charge in [-0.1, -0.05) is 15.9 Å². The molecule has 0 saturated heterocycles. The molecule has 0 amide bonds. The zero-order valence-electron chi connectivity index (χ0n) is 9.42. The highest BCUT2D eigenvalue weighted by Crippen LogP contribution is 2.22. The van der Waals surface area contributed by atoms with Crippen LogP contribution < -0.4 is 4.74 Å². The molecule has 2 rings (SSSR count). The zero-order chi connectivity index (χ0) is 13.1. The summed E-state index contributed by atoms with van der Waals surface area (Å²) in [5.74, 6) is 0.0260. The number of carbonyl (C=O) groups is 1. The molecule has 0 aliphatic heterocycles. The highest BCUT2D eigenvalue weighted by Gasteiger charge is 2.09. The number of benzene rings is 1. The number of carboxylic acid groups (broad SMARTS) is 1. The molecule has 0 unspecified atom stereocenters. The standard InChI is InChI=1S/C12H9BrN2O3/c1-7-14-10(12(16)17)6-11(15-7)18-9-4-2-8(13)3-5-9/h2-6H,1H3,(H,16,17). The third kappa shape index (κ3) is 3.04. The Balaban J connectivity index is 2.28. The molecule has 18 heavy (non-hydrogen) atoms. The third-order valence-corrected chi connectivity index (χ3v) is 2.60. The van der Waals surface area contributed by atoms with Crippen molar-refractivity contribution in [3.63, 3.8) is 0 Å². The van der Waals surface area contributed by atoms with Gasteiger partial charge in [-0.3, -0.25) is 0 Å². The van der Waals surface area contributed by atoms with E-state index in [0.29, 0.717) is 11.6 Å². The molecule has 5 nitrogen and oxygen atoms in total. The number of carboxylic acids is 1. The number of aryl methyl sites for hydroxylation is 1. The third-order valence-electron chi connectivity index (χ3n) is 2.07. The quantitative estimate of drug-likeness (QED) is 0.943. The largest absolute Gasteiger partial charge is 0.477 e. The molecule has 1 aromatic carbocycles. The molecule has 0 spiro atoms. The normalized spacial score (nSPS) is 10.1. The lowest BCUT2D eigenvalue weighted by Gasteiger charge is -2.06. The second-order valence-electron chi connectivity index (χ2n) is 3.50. The topological polar surface area (TPSA) is 72.3 Å². The van der Waals surface area contributed by atoms with Gasteiger partial charge in [0, 0.05) is 10.5 Å². The first-order valence-corrected chi connectivity index (χ1v) is 5.86. The number of hydrogen-bond donors (Lipinski definition) is 1. The van der Waals surface area contributed by atoms with Crippen molar-refractivity contribution >= 4 is 21.9 Å². The number of hydrogen-bond acceptors (Lipinski definition) is 4. The van der Waals surface area contributed by atoms with Crippen molar-refractivity contribution in [1.29, 1.82) is 0 Å². The van der Waals surface area contributed by atoms with Crippen LogP contribution in [0.3, 0.4) is 0 Å². The number of ether oxygens (including phenoxy) is 1. The second-order valence-corrected chi connectivity index (χ2v) is 4.42.